The van der Waals surface area contributed by atoms with Crippen LogP contribution in [0, 0.1) is 27.7 Å². The number of rotatable bonds is 3. The number of furan rings is 1. The SMILES string of the molecule is Cc1ccc2c(c1)c1cc(C)ccc1n2-c1cc(-n2c3ccc(C)cc3c3cc(C)ccc32)c2c(c1)oc1cc(N3c4ccccc4C(C)(C)c4ccccc43)ccc12. The van der Waals surface area contributed by atoms with E-state index in [9.17, 15) is 0 Å². The zero-order valence-corrected chi connectivity index (χ0v) is 34.2. The number of benzene rings is 8. The van der Waals surface area contributed by atoms with Crippen LogP contribution in [0.1, 0.15) is 47.2 Å². The quantitative estimate of drug-likeness (QED) is 0.179. The maximum Gasteiger partial charge on any atom is 0.139 e. The van der Waals surface area contributed by atoms with Crippen molar-refractivity contribution in [2.24, 2.45) is 0 Å². The fraction of sp³-hybridized carbons (Fsp3) is 0.127. The van der Waals surface area contributed by atoms with Crippen LogP contribution in [0.4, 0.5) is 17.1 Å². The van der Waals surface area contributed by atoms with Crippen LogP contribution in [0.15, 0.2) is 156 Å². The van der Waals surface area contributed by atoms with Gasteiger partial charge in [-0.2, -0.15) is 0 Å². The topological polar surface area (TPSA) is 26.2 Å². The first-order valence-corrected chi connectivity index (χ1v) is 20.7. The predicted octanol–water partition coefficient (Wildman–Crippen LogP) is 15.1. The van der Waals surface area contributed by atoms with Gasteiger partial charge in [0, 0.05) is 50.2 Å². The van der Waals surface area contributed by atoms with Crippen molar-refractivity contribution in [3.05, 3.63) is 185 Å². The molecule has 0 amide bonds. The van der Waals surface area contributed by atoms with E-state index in [0.29, 0.717) is 0 Å². The maximum absolute atomic E-state index is 7.15. The van der Waals surface area contributed by atoms with Crippen LogP contribution in [0.3, 0.4) is 0 Å². The molecule has 0 saturated carbocycles. The third-order valence-electron chi connectivity index (χ3n) is 13.1. The molecule has 0 fully saturated rings. The summed E-state index contributed by atoms with van der Waals surface area (Å²) in [5.74, 6) is 0. The minimum absolute atomic E-state index is 0.137. The Morgan fingerprint density at radius 3 is 1.36 bits per heavy atom. The smallest absolute Gasteiger partial charge is 0.139 e. The molecular formula is C55H43N3O. The minimum Gasteiger partial charge on any atom is -0.456 e. The van der Waals surface area contributed by atoms with Gasteiger partial charge in [-0.15, -0.1) is 0 Å². The zero-order chi connectivity index (χ0) is 39.9. The fourth-order valence-corrected chi connectivity index (χ4v) is 10.3. The van der Waals surface area contributed by atoms with Crippen molar-refractivity contribution in [1.82, 2.24) is 9.13 Å². The number of nitrogens with zero attached hydrogens (tertiary/aromatic N) is 3. The Kier molecular flexibility index (Phi) is 6.92. The lowest BCUT2D eigenvalue weighted by molar-refractivity contribution is 0.632. The molecule has 1 aliphatic rings. The largest absolute Gasteiger partial charge is 0.456 e. The van der Waals surface area contributed by atoms with E-state index in [1.165, 1.54) is 88.4 Å². The van der Waals surface area contributed by atoms with E-state index in [-0.39, 0.29) is 5.41 Å². The lowest BCUT2D eigenvalue weighted by Gasteiger charge is -2.41. The second-order valence-corrected chi connectivity index (χ2v) is 17.4. The van der Waals surface area contributed by atoms with E-state index in [0.717, 1.165) is 39.0 Å². The number of anilines is 3. The Morgan fingerprint density at radius 2 is 0.847 bits per heavy atom. The van der Waals surface area contributed by atoms with Crippen molar-refractivity contribution >= 4 is 82.6 Å². The van der Waals surface area contributed by atoms with E-state index in [1.54, 1.807) is 0 Å². The molecule has 284 valence electrons. The van der Waals surface area contributed by atoms with Gasteiger partial charge in [0.15, 0.2) is 0 Å². The van der Waals surface area contributed by atoms with Crippen molar-refractivity contribution < 1.29 is 4.42 Å². The van der Waals surface area contributed by atoms with Crippen LogP contribution in [0.25, 0.3) is 76.9 Å². The third-order valence-corrected chi connectivity index (χ3v) is 13.1. The maximum atomic E-state index is 7.15. The molecule has 4 heteroatoms. The van der Waals surface area contributed by atoms with Crippen LogP contribution < -0.4 is 4.90 Å². The molecule has 8 aromatic carbocycles. The Balaban J connectivity index is 1.18. The Morgan fingerprint density at radius 1 is 0.390 bits per heavy atom. The van der Waals surface area contributed by atoms with E-state index >= 15 is 0 Å². The van der Waals surface area contributed by atoms with Gasteiger partial charge in [-0.05, 0) is 118 Å². The standard InChI is InChI=1S/C55H43N3O/c1-32-15-21-45-39(25-32)40-26-33(2)16-22-46(40)57(45)37-29-51(58-47-23-17-34(3)27-41(47)42-28-35(4)18-24-48(42)58)54-38-20-19-36(30-52(38)59-53(54)31-37)56-49-13-9-7-11-43(49)55(5,6)44-12-8-10-14-50(44)56/h7-31H,1-6H3. The Bertz CT molecular complexity index is 3420. The highest BCUT2D eigenvalue weighted by atomic mass is 16.3. The van der Waals surface area contributed by atoms with Crippen molar-refractivity contribution in [2.45, 2.75) is 47.0 Å². The summed E-state index contributed by atoms with van der Waals surface area (Å²) in [5.41, 5.74) is 19.5. The lowest BCUT2D eigenvalue weighted by Crippen LogP contribution is -2.30. The molecule has 59 heavy (non-hydrogen) atoms. The molecule has 0 saturated heterocycles. The lowest BCUT2D eigenvalue weighted by atomic mass is 9.73. The molecule has 0 N–H and O–H groups in total. The fourth-order valence-electron chi connectivity index (χ4n) is 10.3. The molecule has 1 aliphatic heterocycles. The second-order valence-electron chi connectivity index (χ2n) is 17.4. The molecule has 0 aliphatic carbocycles. The molecule has 0 spiro atoms. The van der Waals surface area contributed by atoms with E-state index < -0.39 is 0 Å². The molecule has 11 aromatic rings. The molecule has 3 aromatic heterocycles. The predicted molar refractivity (Wildman–Crippen MR) is 248 cm³/mol. The summed E-state index contributed by atoms with van der Waals surface area (Å²) in [6, 6.07) is 56.5. The van der Waals surface area contributed by atoms with Crippen LogP contribution in [-0.4, -0.2) is 9.13 Å². The summed E-state index contributed by atoms with van der Waals surface area (Å²) >= 11 is 0. The summed E-state index contributed by atoms with van der Waals surface area (Å²) in [4.78, 5) is 2.41. The normalized spacial score (nSPS) is 13.7. The second kappa shape index (κ2) is 12.0. The summed E-state index contributed by atoms with van der Waals surface area (Å²) in [6.07, 6.45) is 0. The average molecular weight is 762 g/mol. The van der Waals surface area contributed by atoms with Gasteiger partial charge in [-0.25, -0.2) is 0 Å². The van der Waals surface area contributed by atoms with Crippen LogP contribution in [-0.2, 0) is 5.41 Å². The van der Waals surface area contributed by atoms with Gasteiger partial charge in [0.05, 0.1) is 50.2 Å². The molecule has 4 nitrogen and oxygen atoms in total. The summed E-state index contributed by atoms with van der Waals surface area (Å²) < 4.78 is 12.0. The molecule has 0 bridgehead atoms. The molecule has 0 radical (unpaired) electrons. The summed E-state index contributed by atoms with van der Waals surface area (Å²) in [7, 11) is 0. The molecular weight excluding hydrogens is 719 g/mol. The Labute approximate surface area is 343 Å². The first-order valence-electron chi connectivity index (χ1n) is 20.7. The summed E-state index contributed by atoms with van der Waals surface area (Å²) in [5, 5.41) is 7.21. The van der Waals surface area contributed by atoms with Gasteiger partial charge in [0.1, 0.15) is 11.2 Å². The third kappa shape index (κ3) is 4.77. The van der Waals surface area contributed by atoms with Gasteiger partial charge in [-0.3, -0.25) is 0 Å². The monoisotopic (exact) mass is 761 g/mol. The van der Waals surface area contributed by atoms with Gasteiger partial charge < -0.3 is 18.5 Å². The van der Waals surface area contributed by atoms with Gasteiger partial charge in [0.2, 0.25) is 0 Å². The number of aromatic nitrogens is 2. The summed E-state index contributed by atoms with van der Waals surface area (Å²) in [6.45, 7) is 13.4. The highest BCUT2D eigenvalue weighted by Gasteiger charge is 2.36. The first-order chi connectivity index (χ1) is 28.6. The molecule has 0 atom stereocenters. The highest BCUT2D eigenvalue weighted by Crippen LogP contribution is 2.52. The number of hydrogen-bond acceptors (Lipinski definition) is 2. The van der Waals surface area contributed by atoms with Crippen molar-refractivity contribution in [1.29, 1.82) is 0 Å². The number of aryl methyl sites for hydroxylation is 4. The zero-order valence-electron chi connectivity index (χ0n) is 34.2. The molecule has 4 heterocycles. The number of fused-ring (bicyclic) bond motifs is 11. The minimum atomic E-state index is -0.137. The molecule has 0 unspecified atom stereocenters. The van der Waals surface area contributed by atoms with E-state index in [1.807, 2.05) is 0 Å². The van der Waals surface area contributed by atoms with Crippen LogP contribution in [0.2, 0.25) is 0 Å². The van der Waals surface area contributed by atoms with Crippen molar-refractivity contribution in [3.63, 3.8) is 0 Å². The van der Waals surface area contributed by atoms with E-state index in [4.69, 9.17) is 4.42 Å². The number of para-hydroxylation sites is 2. The van der Waals surface area contributed by atoms with Crippen LogP contribution in [0.5, 0.6) is 0 Å². The molecule has 12 rings (SSSR count). The van der Waals surface area contributed by atoms with Crippen molar-refractivity contribution in [2.75, 3.05) is 4.90 Å². The van der Waals surface area contributed by atoms with Gasteiger partial charge in [-0.1, -0.05) is 96.8 Å². The first kappa shape index (κ1) is 34.0. The van der Waals surface area contributed by atoms with Gasteiger partial charge in [0.25, 0.3) is 0 Å². The highest BCUT2D eigenvalue weighted by molar-refractivity contribution is 6.16. The number of hydrogen-bond donors (Lipinski definition) is 0. The van der Waals surface area contributed by atoms with E-state index in [2.05, 4.69) is 207 Å². The van der Waals surface area contributed by atoms with Gasteiger partial charge >= 0.3 is 0 Å². The average Bonchev–Trinajstić information content (AvgIpc) is 3.87. The van der Waals surface area contributed by atoms with Crippen LogP contribution >= 0.6 is 0 Å². The van der Waals surface area contributed by atoms with Crippen molar-refractivity contribution in [3.8, 4) is 11.4 Å². The Hall–Kier alpha value is -7.04.